The average Bonchev–Trinajstić information content (AvgIpc) is 2.76. The van der Waals surface area contributed by atoms with Crippen LogP contribution in [0.4, 0.5) is 27.4 Å². The molecule has 0 saturated heterocycles. The van der Waals surface area contributed by atoms with Crippen molar-refractivity contribution in [1.29, 1.82) is 0 Å². The minimum atomic E-state index is -0.258. The molecule has 4 rings (SSSR count). The van der Waals surface area contributed by atoms with Crippen LogP contribution < -0.4 is 16.0 Å². The number of hydrogen-bond acceptors (Lipinski definition) is 5. The Bertz CT molecular complexity index is 1120. The summed E-state index contributed by atoms with van der Waals surface area (Å²) in [7, 11) is 0. The molecule has 0 aliphatic rings. The van der Waals surface area contributed by atoms with E-state index in [0.717, 1.165) is 22.0 Å². The molecule has 1 heterocycles. The van der Waals surface area contributed by atoms with Crippen LogP contribution in [-0.4, -0.2) is 16.5 Å². The van der Waals surface area contributed by atoms with Gasteiger partial charge in [-0.15, -0.1) is 0 Å². The second-order valence-corrected chi connectivity index (χ2v) is 6.68. The summed E-state index contributed by atoms with van der Waals surface area (Å²) in [6, 6.07) is 20.8. The number of hydrogen-bond donors (Lipinski definition) is 2. The van der Waals surface area contributed by atoms with Crippen LogP contribution in [0.3, 0.4) is 0 Å². The van der Waals surface area contributed by atoms with Gasteiger partial charge in [-0.2, -0.15) is 0 Å². The molecule has 5 nitrogen and oxygen atoms in total. The smallest absolute Gasteiger partial charge is 0.161 e. The molecule has 0 aliphatic heterocycles. The molecule has 0 fully saturated rings. The van der Waals surface area contributed by atoms with Gasteiger partial charge in [-0.05, 0) is 36.1 Å². The fourth-order valence-electron chi connectivity index (χ4n) is 3.41. The van der Waals surface area contributed by atoms with E-state index >= 15 is 0 Å². The lowest BCUT2D eigenvalue weighted by Crippen LogP contribution is -2.20. The van der Waals surface area contributed by atoms with Crippen molar-refractivity contribution in [3.05, 3.63) is 84.4 Å². The fourth-order valence-corrected chi connectivity index (χ4v) is 3.41. The molecule has 4 aromatic rings. The molecule has 0 unspecified atom stereocenters. The number of fused-ring (bicyclic) bond motifs is 1. The van der Waals surface area contributed by atoms with E-state index < -0.39 is 0 Å². The lowest BCUT2D eigenvalue weighted by molar-refractivity contribution is 0.627. The lowest BCUT2D eigenvalue weighted by Gasteiger charge is -2.25. The van der Waals surface area contributed by atoms with Gasteiger partial charge in [0.1, 0.15) is 17.8 Å². The maximum absolute atomic E-state index is 13.1. The topological polar surface area (TPSA) is 67.1 Å². The predicted molar refractivity (Wildman–Crippen MR) is 117 cm³/mol. The van der Waals surface area contributed by atoms with E-state index in [4.69, 9.17) is 5.73 Å². The maximum atomic E-state index is 13.1. The largest absolute Gasteiger partial charge is 0.393 e. The van der Waals surface area contributed by atoms with Crippen molar-refractivity contribution in [3.8, 4) is 0 Å². The second kappa shape index (κ2) is 8.14. The number of aromatic nitrogens is 2. The Morgan fingerprint density at radius 1 is 0.966 bits per heavy atom. The lowest BCUT2D eigenvalue weighted by atomic mass is 10.1. The highest BCUT2D eigenvalue weighted by atomic mass is 19.1. The van der Waals surface area contributed by atoms with Gasteiger partial charge < -0.3 is 16.0 Å². The summed E-state index contributed by atoms with van der Waals surface area (Å²) in [5.41, 5.74) is 8.90. The van der Waals surface area contributed by atoms with Crippen molar-refractivity contribution >= 4 is 33.8 Å². The highest BCUT2D eigenvalue weighted by molar-refractivity contribution is 5.97. The molecule has 3 N–H and O–H groups in total. The Labute approximate surface area is 169 Å². The van der Waals surface area contributed by atoms with Crippen molar-refractivity contribution in [3.63, 3.8) is 0 Å². The van der Waals surface area contributed by atoms with Crippen molar-refractivity contribution < 1.29 is 4.39 Å². The summed E-state index contributed by atoms with van der Waals surface area (Å²) in [6.45, 7) is 3.25. The average molecular weight is 387 g/mol. The zero-order valence-corrected chi connectivity index (χ0v) is 16.1. The molecule has 146 valence electrons. The van der Waals surface area contributed by atoms with Gasteiger partial charge in [-0.3, -0.25) is 0 Å². The Balaban J connectivity index is 1.66. The Morgan fingerprint density at radius 3 is 2.52 bits per heavy atom. The van der Waals surface area contributed by atoms with Gasteiger partial charge in [0.05, 0.1) is 5.69 Å². The SMILES string of the molecule is CCN(c1ncnc(NCc2ccc(F)cc2)c1N)c1cccc2ccccc12. The third kappa shape index (κ3) is 3.82. The predicted octanol–water partition coefficient (Wildman–Crippen LogP) is 5.12. The minimum Gasteiger partial charge on any atom is -0.393 e. The van der Waals surface area contributed by atoms with Crippen molar-refractivity contribution in [2.24, 2.45) is 0 Å². The van der Waals surface area contributed by atoms with Crippen molar-refractivity contribution in [1.82, 2.24) is 9.97 Å². The van der Waals surface area contributed by atoms with Gasteiger partial charge in [0.2, 0.25) is 0 Å². The number of rotatable bonds is 6. The first-order valence-corrected chi connectivity index (χ1v) is 9.51. The zero-order chi connectivity index (χ0) is 20.2. The number of nitrogens with zero attached hydrogens (tertiary/aromatic N) is 3. The monoisotopic (exact) mass is 387 g/mol. The van der Waals surface area contributed by atoms with Crippen molar-refractivity contribution in [2.45, 2.75) is 13.5 Å². The molecule has 0 saturated carbocycles. The number of nitrogens with two attached hydrogens (primary N) is 1. The van der Waals surface area contributed by atoms with Gasteiger partial charge in [0.25, 0.3) is 0 Å². The Kier molecular flexibility index (Phi) is 5.24. The number of nitrogen functional groups attached to an aromatic ring is 1. The van der Waals surface area contributed by atoms with E-state index in [1.54, 1.807) is 12.1 Å². The highest BCUT2D eigenvalue weighted by Crippen LogP contribution is 2.35. The molecular formula is C23H22FN5. The minimum absolute atomic E-state index is 0.258. The maximum Gasteiger partial charge on any atom is 0.161 e. The normalized spacial score (nSPS) is 10.8. The second-order valence-electron chi connectivity index (χ2n) is 6.68. The van der Waals surface area contributed by atoms with E-state index in [9.17, 15) is 4.39 Å². The van der Waals surface area contributed by atoms with Gasteiger partial charge in [-0.25, -0.2) is 14.4 Å². The molecule has 0 radical (unpaired) electrons. The highest BCUT2D eigenvalue weighted by Gasteiger charge is 2.17. The molecule has 0 aliphatic carbocycles. The summed E-state index contributed by atoms with van der Waals surface area (Å²) in [5, 5.41) is 5.52. The van der Waals surface area contributed by atoms with Crippen LogP contribution in [0.2, 0.25) is 0 Å². The summed E-state index contributed by atoms with van der Waals surface area (Å²) in [4.78, 5) is 10.8. The van der Waals surface area contributed by atoms with Crippen LogP contribution in [0.15, 0.2) is 73.1 Å². The van der Waals surface area contributed by atoms with E-state index in [1.165, 1.54) is 18.5 Å². The molecule has 29 heavy (non-hydrogen) atoms. The fraction of sp³-hybridized carbons (Fsp3) is 0.130. The molecule has 0 spiro atoms. The molecule has 1 aromatic heterocycles. The summed E-state index contributed by atoms with van der Waals surface area (Å²) < 4.78 is 13.1. The quantitative estimate of drug-likeness (QED) is 0.481. The Hall–Kier alpha value is -3.67. The van der Waals surface area contributed by atoms with Gasteiger partial charge in [0.15, 0.2) is 11.6 Å². The molecule has 3 aromatic carbocycles. The first kappa shape index (κ1) is 18.7. The molecule has 0 amide bonds. The van der Waals surface area contributed by atoms with E-state index in [-0.39, 0.29) is 5.82 Å². The van der Waals surface area contributed by atoms with Crippen LogP contribution in [0, 0.1) is 5.82 Å². The number of nitrogens with one attached hydrogen (secondary N) is 1. The molecular weight excluding hydrogens is 365 g/mol. The number of benzene rings is 3. The van der Waals surface area contributed by atoms with Crippen LogP contribution in [0.1, 0.15) is 12.5 Å². The van der Waals surface area contributed by atoms with E-state index in [0.29, 0.717) is 30.4 Å². The first-order chi connectivity index (χ1) is 14.2. The van der Waals surface area contributed by atoms with Crippen molar-refractivity contribution in [2.75, 3.05) is 22.5 Å². The summed E-state index contributed by atoms with van der Waals surface area (Å²) in [6.07, 6.45) is 1.51. The Morgan fingerprint density at radius 2 is 1.72 bits per heavy atom. The third-order valence-electron chi connectivity index (χ3n) is 4.87. The van der Waals surface area contributed by atoms with Gasteiger partial charge >= 0.3 is 0 Å². The zero-order valence-electron chi connectivity index (χ0n) is 16.1. The van der Waals surface area contributed by atoms with Crippen LogP contribution in [0.25, 0.3) is 10.8 Å². The summed E-state index contributed by atoms with van der Waals surface area (Å²) in [5.74, 6) is 0.949. The molecule has 6 heteroatoms. The van der Waals surface area contributed by atoms with Crippen LogP contribution in [-0.2, 0) is 6.54 Å². The molecule has 0 atom stereocenters. The van der Waals surface area contributed by atoms with Crippen LogP contribution >= 0.6 is 0 Å². The number of halogens is 1. The van der Waals surface area contributed by atoms with Gasteiger partial charge in [0, 0.05) is 18.5 Å². The first-order valence-electron chi connectivity index (χ1n) is 9.51. The number of anilines is 4. The van der Waals surface area contributed by atoms with Gasteiger partial charge in [-0.1, -0.05) is 48.5 Å². The molecule has 0 bridgehead atoms. The van der Waals surface area contributed by atoms with E-state index in [1.807, 2.05) is 18.2 Å². The standard InChI is InChI=1S/C23H22FN5/c1-2-29(20-9-5-7-17-6-3-4-8-19(17)20)23-21(25)22(27-15-28-23)26-14-16-10-12-18(24)13-11-16/h3-13,15H,2,14,25H2,1H3,(H,26,27,28). The van der Waals surface area contributed by atoms with Crippen LogP contribution in [0.5, 0.6) is 0 Å². The summed E-state index contributed by atoms with van der Waals surface area (Å²) >= 11 is 0. The van der Waals surface area contributed by atoms with E-state index in [2.05, 4.69) is 51.4 Å². The third-order valence-corrected chi connectivity index (χ3v) is 4.87.